The second kappa shape index (κ2) is 9.49. The lowest BCUT2D eigenvalue weighted by molar-refractivity contribution is 0.233. The van der Waals surface area contributed by atoms with Gasteiger partial charge in [-0.1, -0.05) is 30.3 Å². The maximum atomic E-state index is 13.3. The molecule has 7 nitrogen and oxygen atoms in total. The summed E-state index contributed by atoms with van der Waals surface area (Å²) < 4.78 is 1.86. The van der Waals surface area contributed by atoms with Gasteiger partial charge in [0, 0.05) is 42.2 Å². The van der Waals surface area contributed by atoms with Crippen LogP contribution in [0.4, 0.5) is 0 Å². The fourth-order valence-electron chi connectivity index (χ4n) is 4.48. The molecule has 33 heavy (non-hydrogen) atoms. The van der Waals surface area contributed by atoms with Crippen molar-refractivity contribution < 1.29 is 0 Å². The number of hydrogen-bond donors (Lipinski definition) is 1. The minimum atomic E-state index is -0.286. The Morgan fingerprint density at radius 2 is 1.82 bits per heavy atom. The molecule has 5 rings (SSSR count). The first-order valence-electron chi connectivity index (χ1n) is 11.4. The Kier molecular flexibility index (Phi) is 6.28. The maximum Gasteiger partial charge on any atom is 0.253 e. The molecule has 4 aromatic rings. The number of aromatic amines is 1. The van der Waals surface area contributed by atoms with Gasteiger partial charge in [0.25, 0.3) is 5.56 Å². The highest BCUT2D eigenvalue weighted by atomic mass is 32.2. The van der Waals surface area contributed by atoms with E-state index in [2.05, 4.69) is 57.5 Å². The summed E-state index contributed by atoms with van der Waals surface area (Å²) in [6.07, 6.45) is 0.827. The molecule has 0 saturated carbocycles. The predicted molar refractivity (Wildman–Crippen MR) is 133 cm³/mol. The predicted octanol–water partition coefficient (Wildman–Crippen LogP) is 3.51. The van der Waals surface area contributed by atoms with E-state index in [0.717, 1.165) is 47.7 Å². The molecular weight excluding hydrogens is 432 g/mol. The zero-order chi connectivity index (χ0) is 22.8. The molecule has 1 atom stereocenters. The monoisotopic (exact) mass is 460 g/mol. The molecule has 0 unspecified atom stereocenters. The zero-order valence-electron chi connectivity index (χ0n) is 19.0. The Hall–Kier alpha value is -2.97. The van der Waals surface area contributed by atoms with Crippen LogP contribution in [0.15, 0.2) is 53.3 Å². The van der Waals surface area contributed by atoms with Crippen LogP contribution >= 0.6 is 11.8 Å². The number of benzene rings is 2. The van der Waals surface area contributed by atoms with Gasteiger partial charge in [-0.25, -0.2) is 4.68 Å². The number of rotatable bonds is 6. The van der Waals surface area contributed by atoms with Gasteiger partial charge in [0.15, 0.2) is 5.82 Å². The summed E-state index contributed by atoms with van der Waals surface area (Å²) in [6, 6.07) is 16.3. The first kappa shape index (κ1) is 21.9. The Bertz CT molecular complexity index is 1310. The van der Waals surface area contributed by atoms with Crippen LogP contribution in [-0.2, 0) is 13.0 Å². The van der Waals surface area contributed by atoms with Gasteiger partial charge in [0.2, 0.25) is 0 Å². The van der Waals surface area contributed by atoms with E-state index < -0.39 is 0 Å². The second-order valence-electron chi connectivity index (χ2n) is 8.62. The van der Waals surface area contributed by atoms with Crippen molar-refractivity contribution in [3.8, 4) is 0 Å². The van der Waals surface area contributed by atoms with E-state index in [1.165, 1.54) is 16.7 Å². The van der Waals surface area contributed by atoms with Crippen molar-refractivity contribution in [2.24, 2.45) is 0 Å². The van der Waals surface area contributed by atoms with E-state index in [1.807, 2.05) is 46.8 Å². The highest BCUT2D eigenvalue weighted by molar-refractivity contribution is 7.99. The van der Waals surface area contributed by atoms with Crippen molar-refractivity contribution in [3.05, 3.63) is 87.0 Å². The van der Waals surface area contributed by atoms with Crippen molar-refractivity contribution in [2.75, 3.05) is 24.6 Å². The SMILES string of the molecule is Cc1cc2cc([C@H](c3nnnn3CCc3ccccc3)N3CCSCC3)c(=O)[nH]c2cc1C. The van der Waals surface area contributed by atoms with Gasteiger partial charge >= 0.3 is 0 Å². The molecule has 1 aliphatic heterocycles. The van der Waals surface area contributed by atoms with Crippen LogP contribution in [0, 0.1) is 13.8 Å². The van der Waals surface area contributed by atoms with E-state index in [4.69, 9.17) is 0 Å². The highest BCUT2D eigenvalue weighted by Crippen LogP contribution is 2.29. The van der Waals surface area contributed by atoms with Crippen LogP contribution < -0.4 is 5.56 Å². The average Bonchev–Trinajstić information content (AvgIpc) is 3.29. The molecule has 2 aromatic carbocycles. The van der Waals surface area contributed by atoms with Crippen molar-refractivity contribution in [1.82, 2.24) is 30.1 Å². The van der Waals surface area contributed by atoms with Crippen LogP contribution in [0.25, 0.3) is 10.9 Å². The highest BCUT2D eigenvalue weighted by Gasteiger charge is 2.31. The number of H-pyrrole nitrogens is 1. The molecule has 8 heteroatoms. The largest absolute Gasteiger partial charge is 0.322 e. The molecule has 1 N–H and O–H groups in total. The minimum absolute atomic E-state index is 0.0772. The fourth-order valence-corrected chi connectivity index (χ4v) is 5.41. The van der Waals surface area contributed by atoms with E-state index in [1.54, 1.807) is 0 Å². The molecule has 0 radical (unpaired) electrons. The summed E-state index contributed by atoms with van der Waals surface area (Å²) in [4.78, 5) is 18.8. The number of nitrogens with one attached hydrogen (secondary N) is 1. The first-order chi connectivity index (χ1) is 16.1. The van der Waals surface area contributed by atoms with Gasteiger partial charge in [-0.2, -0.15) is 11.8 Å². The number of fused-ring (bicyclic) bond motifs is 1. The van der Waals surface area contributed by atoms with Crippen molar-refractivity contribution >= 4 is 22.7 Å². The second-order valence-corrected chi connectivity index (χ2v) is 9.85. The lowest BCUT2D eigenvalue weighted by atomic mass is 10.0. The molecule has 0 aliphatic carbocycles. The smallest absolute Gasteiger partial charge is 0.253 e. The van der Waals surface area contributed by atoms with Crippen LogP contribution in [0.5, 0.6) is 0 Å². The molecule has 0 spiro atoms. The average molecular weight is 461 g/mol. The third-order valence-corrected chi connectivity index (χ3v) is 7.39. The van der Waals surface area contributed by atoms with Gasteiger partial charge in [-0.3, -0.25) is 9.69 Å². The Morgan fingerprint density at radius 3 is 2.61 bits per heavy atom. The summed E-state index contributed by atoms with van der Waals surface area (Å²) in [6.45, 7) is 6.62. The van der Waals surface area contributed by atoms with E-state index in [-0.39, 0.29) is 11.6 Å². The van der Waals surface area contributed by atoms with E-state index in [9.17, 15) is 4.79 Å². The van der Waals surface area contributed by atoms with Crippen LogP contribution in [0.3, 0.4) is 0 Å². The molecule has 0 bridgehead atoms. The number of nitrogens with zero attached hydrogens (tertiary/aromatic N) is 5. The van der Waals surface area contributed by atoms with E-state index >= 15 is 0 Å². The summed E-state index contributed by atoms with van der Waals surface area (Å²) >= 11 is 1.94. The molecular formula is C25H28N6OS. The van der Waals surface area contributed by atoms with Crippen LogP contribution in [0.2, 0.25) is 0 Å². The van der Waals surface area contributed by atoms with Gasteiger partial charge in [-0.05, 0) is 71.0 Å². The zero-order valence-corrected chi connectivity index (χ0v) is 19.8. The first-order valence-corrected chi connectivity index (χ1v) is 12.5. The van der Waals surface area contributed by atoms with Crippen molar-refractivity contribution in [3.63, 3.8) is 0 Å². The van der Waals surface area contributed by atoms with Gasteiger partial charge in [0.1, 0.15) is 6.04 Å². The van der Waals surface area contributed by atoms with Gasteiger partial charge in [-0.15, -0.1) is 5.10 Å². The van der Waals surface area contributed by atoms with Crippen LogP contribution in [-0.4, -0.2) is 54.7 Å². The third kappa shape index (κ3) is 4.58. The number of tetrazole rings is 1. The van der Waals surface area contributed by atoms with E-state index in [0.29, 0.717) is 12.1 Å². The quantitative estimate of drug-likeness (QED) is 0.474. The normalized spacial score (nSPS) is 15.7. The summed E-state index contributed by atoms with van der Waals surface area (Å²) in [5.74, 6) is 2.80. The summed E-state index contributed by atoms with van der Waals surface area (Å²) in [5, 5.41) is 13.8. The topological polar surface area (TPSA) is 79.7 Å². The Labute approximate surface area is 197 Å². The number of aromatic nitrogens is 5. The Balaban J connectivity index is 1.57. The molecule has 1 saturated heterocycles. The maximum absolute atomic E-state index is 13.3. The fraction of sp³-hybridized carbons (Fsp3) is 0.360. The molecule has 1 aliphatic rings. The van der Waals surface area contributed by atoms with Crippen LogP contribution in [0.1, 0.15) is 34.1 Å². The Morgan fingerprint density at radius 1 is 1.06 bits per heavy atom. The third-order valence-electron chi connectivity index (χ3n) is 6.45. The summed E-state index contributed by atoms with van der Waals surface area (Å²) in [7, 11) is 0. The van der Waals surface area contributed by atoms with Crippen molar-refractivity contribution in [1.29, 1.82) is 0 Å². The lowest BCUT2D eigenvalue weighted by Crippen LogP contribution is -2.40. The number of pyridine rings is 1. The number of hydrogen-bond acceptors (Lipinski definition) is 6. The van der Waals surface area contributed by atoms with Crippen molar-refractivity contribution in [2.45, 2.75) is 32.9 Å². The standard InChI is InChI=1S/C25H28N6OS/c1-17-14-20-16-21(25(32)26-22(20)15-18(17)2)23(30-10-12-33-13-11-30)24-27-28-29-31(24)9-8-19-6-4-3-5-7-19/h3-7,14-16,23H,8-13H2,1-2H3,(H,26,32)/t23-/m1/s1. The van der Waals surface area contributed by atoms with Gasteiger partial charge in [0.05, 0.1) is 0 Å². The number of thioether (sulfide) groups is 1. The molecule has 0 amide bonds. The lowest BCUT2D eigenvalue weighted by Gasteiger charge is -2.33. The summed E-state index contributed by atoms with van der Waals surface area (Å²) in [5.41, 5.74) is 5.10. The minimum Gasteiger partial charge on any atom is -0.322 e. The molecule has 2 aromatic heterocycles. The molecule has 3 heterocycles. The molecule has 1 fully saturated rings. The van der Waals surface area contributed by atoms with Gasteiger partial charge < -0.3 is 4.98 Å². The number of aryl methyl sites for hydroxylation is 4. The molecule has 170 valence electrons.